The molecule has 3 aromatic rings. The Morgan fingerprint density at radius 1 is 1.06 bits per heavy atom. The van der Waals surface area contributed by atoms with E-state index in [2.05, 4.69) is 15.7 Å². The van der Waals surface area contributed by atoms with Crippen molar-refractivity contribution in [2.45, 2.75) is 26.4 Å². The molecule has 0 aliphatic carbocycles. The van der Waals surface area contributed by atoms with Gasteiger partial charge in [-0.25, -0.2) is 14.1 Å². The van der Waals surface area contributed by atoms with Crippen molar-refractivity contribution in [2.24, 2.45) is 4.99 Å². The van der Waals surface area contributed by atoms with Crippen molar-refractivity contribution in [3.05, 3.63) is 77.9 Å². The first-order chi connectivity index (χ1) is 15.7. The highest BCUT2D eigenvalue weighted by Crippen LogP contribution is 2.12. The van der Waals surface area contributed by atoms with E-state index < -0.39 is 0 Å². The summed E-state index contributed by atoms with van der Waals surface area (Å²) in [6, 6.07) is 16.0. The monoisotopic (exact) mass is 567 g/mol. The van der Waals surface area contributed by atoms with Gasteiger partial charge in [0.2, 0.25) is 0 Å². The molecule has 0 unspecified atom stereocenters. The molecule has 2 N–H and O–H groups in total. The lowest BCUT2D eigenvalue weighted by molar-refractivity contribution is 0.145. The van der Waals surface area contributed by atoms with E-state index in [9.17, 15) is 4.39 Å². The van der Waals surface area contributed by atoms with E-state index in [-0.39, 0.29) is 29.8 Å². The summed E-state index contributed by atoms with van der Waals surface area (Å²) in [5, 5.41) is 11.2. The molecule has 0 aliphatic rings. The Labute approximate surface area is 211 Å². The molecular weight excluding hydrogens is 536 g/mol. The van der Waals surface area contributed by atoms with Crippen LogP contribution in [0.4, 0.5) is 4.39 Å². The number of methoxy groups -OCH3 is 1. The fourth-order valence-corrected chi connectivity index (χ4v) is 2.97. The number of hydrogen-bond acceptors (Lipinski definition) is 4. The molecule has 7 nitrogen and oxygen atoms in total. The maximum absolute atomic E-state index is 13.1. The molecule has 0 fully saturated rings. The van der Waals surface area contributed by atoms with Gasteiger partial charge in [-0.1, -0.05) is 12.1 Å². The van der Waals surface area contributed by atoms with Gasteiger partial charge in [0.05, 0.1) is 31.6 Å². The fraction of sp³-hybridized carbons (Fsp3) is 0.333. The third kappa shape index (κ3) is 9.01. The Balaban J connectivity index is 0.00000385. The van der Waals surface area contributed by atoms with E-state index >= 15 is 0 Å². The summed E-state index contributed by atoms with van der Waals surface area (Å²) < 4.78 is 25.5. The highest BCUT2D eigenvalue weighted by Gasteiger charge is 2.05. The third-order valence-electron chi connectivity index (χ3n) is 4.71. The summed E-state index contributed by atoms with van der Waals surface area (Å²) in [7, 11) is 1.65. The van der Waals surface area contributed by atoms with E-state index in [0.717, 1.165) is 35.7 Å². The van der Waals surface area contributed by atoms with Gasteiger partial charge < -0.3 is 20.1 Å². The van der Waals surface area contributed by atoms with Crippen LogP contribution >= 0.6 is 24.0 Å². The Morgan fingerprint density at radius 2 is 1.82 bits per heavy atom. The number of nitrogens with one attached hydrogen (secondary N) is 2. The van der Waals surface area contributed by atoms with Crippen LogP contribution in [-0.2, 0) is 17.8 Å². The second-order valence-electron chi connectivity index (χ2n) is 7.07. The maximum Gasteiger partial charge on any atom is 0.191 e. The summed E-state index contributed by atoms with van der Waals surface area (Å²) in [5.41, 5.74) is 2.74. The van der Waals surface area contributed by atoms with Gasteiger partial charge in [-0.05, 0) is 61.4 Å². The Kier molecular flexibility index (Phi) is 11.7. The van der Waals surface area contributed by atoms with Crippen molar-refractivity contribution in [3.63, 3.8) is 0 Å². The number of nitrogens with zero attached hydrogens (tertiary/aromatic N) is 3. The first-order valence-electron chi connectivity index (χ1n) is 10.7. The minimum Gasteiger partial charge on any atom is -0.497 e. The van der Waals surface area contributed by atoms with Crippen LogP contribution in [0, 0.1) is 5.82 Å². The van der Waals surface area contributed by atoms with Crippen LogP contribution in [0.5, 0.6) is 5.75 Å². The Bertz CT molecular complexity index is 977. The standard InChI is InChI=1S/C24H30FN5O2.HI/c1-3-32-16-4-14-26-24(27-17-19-5-11-23(31-2)12-6-19)28-18-21-13-15-30(29-21)22-9-7-20(25)8-10-22;/h5-13,15H,3-4,14,16-18H2,1-2H3,(H2,26,27,28);1H. The number of aromatic nitrogens is 2. The topological polar surface area (TPSA) is 72.7 Å². The average Bonchev–Trinajstić information content (AvgIpc) is 3.30. The van der Waals surface area contributed by atoms with Crippen molar-refractivity contribution in [1.29, 1.82) is 0 Å². The van der Waals surface area contributed by atoms with Crippen LogP contribution in [0.15, 0.2) is 65.8 Å². The molecule has 0 amide bonds. The number of aliphatic imine (C=N–C) groups is 1. The molecular formula is C24H31FIN5O2. The van der Waals surface area contributed by atoms with Gasteiger partial charge in [0.15, 0.2) is 5.96 Å². The quantitative estimate of drug-likeness (QED) is 0.157. The first kappa shape index (κ1) is 26.6. The predicted octanol–water partition coefficient (Wildman–Crippen LogP) is 4.30. The minimum atomic E-state index is -0.268. The van der Waals surface area contributed by atoms with Gasteiger partial charge in [-0.15, -0.1) is 24.0 Å². The molecule has 1 aromatic heterocycles. The Hall–Kier alpha value is -2.66. The smallest absolute Gasteiger partial charge is 0.191 e. The van der Waals surface area contributed by atoms with Crippen LogP contribution in [0.2, 0.25) is 0 Å². The number of hydrogen-bond donors (Lipinski definition) is 2. The van der Waals surface area contributed by atoms with Crippen molar-refractivity contribution in [3.8, 4) is 11.4 Å². The summed E-state index contributed by atoms with van der Waals surface area (Å²) >= 11 is 0. The second kappa shape index (κ2) is 14.5. The highest BCUT2D eigenvalue weighted by molar-refractivity contribution is 14.0. The average molecular weight is 567 g/mol. The van der Waals surface area contributed by atoms with Crippen LogP contribution in [-0.4, -0.2) is 42.6 Å². The molecule has 33 heavy (non-hydrogen) atoms. The van der Waals surface area contributed by atoms with E-state index in [1.807, 2.05) is 43.5 Å². The lowest BCUT2D eigenvalue weighted by atomic mass is 10.2. The van der Waals surface area contributed by atoms with Crippen LogP contribution in [0.25, 0.3) is 5.69 Å². The lowest BCUT2D eigenvalue weighted by Crippen LogP contribution is -2.38. The molecule has 0 bridgehead atoms. The van der Waals surface area contributed by atoms with Gasteiger partial charge in [-0.2, -0.15) is 5.10 Å². The predicted molar refractivity (Wildman–Crippen MR) is 139 cm³/mol. The molecule has 3 rings (SSSR count). The van der Waals surface area contributed by atoms with Crippen molar-refractivity contribution in [1.82, 2.24) is 20.4 Å². The summed E-state index contributed by atoms with van der Waals surface area (Å²) in [5.74, 6) is 1.26. The molecule has 178 valence electrons. The third-order valence-corrected chi connectivity index (χ3v) is 4.71. The van der Waals surface area contributed by atoms with Gasteiger partial charge in [0.1, 0.15) is 11.6 Å². The highest BCUT2D eigenvalue weighted by atomic mass is 127. The zero-order valence-electron chi connectivity index (χ0n) is 19.0. The number of rotatable bonds is 11. The molecule has 0 radical (unpaired) electrons. The number of ether oxygens (including phenoxy) is 2. The Morgan fingerprint density at radius 3 is 2.52 bits per heavy atom. The maximum atomic E-state index is 13.1. The van der Waals surface area contributed by atoms with Gasteiger partial charge in [0, 0.05) is 26.0 Å². The van der Waals surface area contributed by atoms with E-state index in [4.69, 9.17) is 14.5 Å². The molecule has 9 heteroatoms. The molecule has 0 saturated carbocycles. The molecule has 0 aliphatic heterocycles. The van der Waals surface area contributed by atoms with Crippen molar-refractivity contribution >= 4 is 29.9 Å². The van der Waals surface area contributed by atoms with Crippen LogP contribution in [0.3, 0.4) is 0 Å². The number of benzene rings is 2. The largest absolute Gasteiger partial charge is 0.497 e. The van der Waals surface area contributed by atoms with E-state index in [0.29, 0.717) is 32.3 Å². The van der Waals surface area contributed by atoms with Gasteiger partial charge in [-0.3, -0.25) is 0 Å². The van der Waals surface area contributed by atoms with Crippen molar-refractivity contribution in [2.75, 3.05) is 26.9 Å². The molecule has 0 saturated heterocycles. The van der Waals surface area contributed by atoms with Crippen LogP contribution < -0.4 is 15.4 Å². The summed E-state index contributed by atoms with van der Waals surface area (Å²) in [6.07, 6.45) is 2.74. The number of halogens is 2. The second-order valence-corrected chi connectivity index (χ2v) is 7.07. The van der Waals surface area contributed by atoms with Gasteiger partial charge >= 0.3 is 0 Å². The summed E-state index contributed by atoms with van der Waals surface area (Å²) in [4.78, 5) is 4.69. The first-order valence-corrected chi connectivity index (χ1v) is 10.7. The fourth-order valence-electron chi connectivity index (χ4n) is 2.97. The van der Waals surface area contributed by atoms with E-state index in [1.54, 1.807) is 23.9 Å². The summed E-state index contributed by atoms with van der Waals surface area (Å²) in [6.45, 7) is 5.20. The molecule has 2 aromatic carbocycles. The van der Waals surface area contributed by atoms with Crippen molar-refractivity contribution < 1.29 is 13.9 Å². The molecule has 0 spiro atoms. The van der Waals surface area contributed by atoms with Gasteiger partial charge in [0.25, 0.3) is 0 Å². The molecule has 1 heterocycles. The van der Waals surface area contributed by atoms with Crippen LogP contribution in [0.1, 0.15) is 24.6 Å². The lowest BCUT2D eigenvalue weighted by Gasteiger charge is -2.12. The zero-order valence-corrected chi connectivity index (χ0v) is 21.3. The number of guanidine groups is 1. The SMILES string of the molecule is CCOCCCNC(=NCc1ccc(OC)cc1)NCc1ccn(-c2ccc(F)cc2)n1.I. The van der Waals surface area contributed by atoms with E-state index in [1.165, 1.54) is 12.1 Å². The zero-order chi connectivity index (χ0) is 22.6. The normalized spacial score (nSPS) is 11.1. The molecule has 0 atom stereocenters. The minimum absolute atomic E-state index is 0.